The van der Waals surface area contributed by atoms with E-state index in [2.05, 4.69) is 0 Å². The first-order valence-corrected chi connectivity index (χ1v) is 7.04. The van der Waals surface area contributed by atoms with Gasteiger partial charge in [0.1, 0.15) is 11.3 Å². The molecule has 3 rings (SSSR count). The SMILES string of the molecule is O=c1cc(/C=C/c2ccc(Cl)cc2)oc2ccc(Cl)cc12. The highest BCUT2D eigenvalue weighted by atomic mass is 35.5. The molecule has 0 aliphatic rings. The fraction of sp³-hybridized carbons (Fsp3) is 0. The van der Waals surface area contributed by atoms with Crippen LogP contribution in [0.2, 0.25) is 10.0 Å². The zero-order valence-electron chi connectivity index (χ0n) is 10.8. The van der Waals surface area contributed by atoms with Gasteiger partial charge in [-0.1, -0.05) is 41.4 Å². The third kappa shape index (κ3) is 3.18. The number of hydrogen-bond donors (Lipinski definition) is 0. The molecule has 1 heterocycles. The first-order chi connectivity index (χ1) is 10.1. The Morgan fingerprint density at radius 2 is 1.57 bits per heavy atom. The summed E-state index contributed by atoms with van der Waals surface area (Å²) < 4.78 is 5.67. The summed E-state index contributed by atoms with van der Waals surface area (Å²) in [6, 6.07) is 13.8. The quantitative estimate of drug-likeness (QED) is 0.644. The highest BCUT2D eigenvalue weighted by Crippen LogP contribution is 2.19. The molecule has 0 saturated carbocycles. The van der Waals surface area contributed by atoms with Gasteiger partial charge in [0.15, 0.2) is 5.43 Å². The third-order valence-electron chi connectivity index (χ3n) is 3.02. The van der Waals surface area contributed by atoms with E-state index in [9.17, 15) is 4.79 Å². The fourth-order valence-electron chi connectivity index (χ4n) is 1.98. The minimum Gasteiger partial charge on any atom is -0.456 e. The van der Waals surface area contributed by atoms with Gasteiger partial charge in [0.25, 0.3) is 0 Å². The van der Waals surface area contributed by atoms with E-state index in [1.54, 1.807) is 36.4 Å². The Hall–Kier alpha value is -2.03. The Bertz CT molecular complexity index is 877. The molecule has 0 aliphatic heterocycles. The predicted octanol–water partition coefficient (Wildman–Crippen LogP) is 5.27. The van der Waals surface area contributed by atoms with Crippen molar-refractivity contribution in [1.29, 1.82) is 0 Å². The van der Waals surface area contributed by atoms with E-state index >= 15 is 0 Å². The highest BCUT2D eigenvalue weighted by Gasteiger charge is 2.03. The van der Waals surface area contributed by atoms with Crippen LogP contribution in [0.15, 0.2) is 57.7 Å². The van der Waals surface area contributed by atoms with Gasteiger partial charge in [-0.2, -0.15) is 0 Å². The molecule has 2 nitrogen and oxygen atoms in total. The summed E-state index contributed by atoms with van der Waals surface area (Å²) >= 11 is 11.7. The molecule has 3 aromatic rings. The molecule has 0 atom stereocenters. The number of hydrogen-bond acceptors (Lipinski definition) is 2. The molecule has 104 valence electrons. The summed E-state index contributed by atoms with van der Waals surface area (Å²) in [4.78, 5) is 12.0. The lowest BCUT2D eigenvalue weighted by molar-refractivity contribution is 0.591. The topological polar surface area (TPSA) is 30.2 Å². The molecule has 0 unspecified atom stereocenters. The second-order valence-electron chi connectivity index (χ2n) is 4.54. The van der Waals surface area contributed by atoms with Crippen LogP contribution in [0, 0.1) is 0 Å². The van der Waals surface area contributed by atoms with E-state index in [4.69, 9.17) is 27.6 Å². The minimum atomic E-state index is -0.116. The summed E-state index contributed by atoms with van der Waals surface area (Å²) in [6.45, 7) is 0. The molecular formula is C17H10Cl2O2. The molecule has 1 aromatic heterocycles. The van der Waals surface area contributed by atoms with Crippen LogP contribution in [0.3, 0.4) is 0 Å². The van der Waals surface area contributed by atoms with Crippen LogP contribution in [-0.2, 0) is 0 Å². The van der Waals surface area contributed by atoms with Crippen molar-refractivity contribution in [2.24, 2.45) is 0 Å². The van der Waals surface area contributed by atoms with Gasteiger partial charge in [-0.05, 0) is 42.0 Å². The summed E-state index contributed by atoms with van der Waals surface area (Å²) in [5, 5.41) is 1.67. The maximum atomic E-state index is 12.0. The van der Waals surface area contributed by atoms with Crippen molar-refractivity contribution >= 4 is 46.3 Å². The molecule has 0 saturated heterocycles. The Morgan fingerprint density at radius 3 is 2.33 bits per heavy atom. The van der Waals surface area contributed by atoms with Crippen molar-refractivity contribution in [2.75, 3.05) is 0 Å². The van der Waals surface area contributed by atoms with Crippen molar-refractivity contribution in [3.8, 4) is 0 Å². The Kier molecular flexibility index (Phi) is 3.82. The zero-order chi connectivity index (χ0) is 14.8. The Morgan fingerprint density at radius 1 is 0.857 bits per heavy atom. The lowest BCUT2D eigenvalue weighted by atomic mass is 10.2. The van der Waals surface area contributed by atoms with E-state index in [-0.39, 0.29) is 5.43 Å². The van der Waals surface area contributed by atoms with Gasteiger partial charge >= 0.3 is 0 Å². The van der Waals surface area contributed by atoms with E-state index in [1.807, 2.05) is 18.2 Å². The molecule has 0 aliphatic carbocycles. The van der Waals surface area contributed by atoms with Crippen LogP contribution in [0.4, 0.5) is 0 Å². The lowest BCUT2D eigenvalue weighted by Crippen LogP contribution is -1.99. The molecule has 21 heavy (non-hydrogen) atoms. The van der Waals surface area contributed by atoms with Crippen LogP contribution in [0.1, 0.15) is 11.3 Å². The average Bonchev–Trinajstić information content (AvgIpc) is 2.47. The van der Waals surface area contributed by atoms with Crippen molar-refractivity contribution in [2.45, 2.75) is 0 Å². The van der Waals surface area contributed by atoms with E-state index < -0.39 is 0 Å². The van der Waals surface area contributed by atoms with Crippen LogP contribution in [0.5, 0.6) is 0 Å². The van der Waals surface area contributed by atoms with Crippen LogP contribution in [0.25, 0.3) is 23.1 Å². The molecule has 0 bridgehead atoms. The Balaban J connectivity index is 1.99. The smallest absolute Gasteiger partial charge is 0.193 e. The minimum absolute atomic E-state index is 0.116. The van der Waals surface area contributed by atoms with Gasteiger partial charge in [0, 0.05) is 16.1 Å². The fourth-order valence-corrected chi connectivity index (χ4v) is 2.28. The predicted molar refractivity (Wildman–Crippen MR) is 87.9 cm³/mol. The van der Waals surface area contributed by atoms with Gasteiger partial charge in [0.05, 0.1) is 5.39 Å². The van der Waals surface area contributed by atoms with Gasteiger partial charge in [-0.3, -0.25) is 4.79 Å². The van der Waals surface area contributed by atoms with Gasteiger partial charge in [0.2, 0.25) is 0 Å². The number of rotatable bonds is 2. The first-order valence-electron chi connectivity index (χ1n) is 6.29. The largest absolute Gasteiger partial charge is 0.456 e. The number of halogens is 2. The molecule has 0 amide bonds. The van der Waals surface area contributed by atoms with Crippen LogP contribution >= 0.6 is 23.2 Å². The normalized spacial score (nSPS) is 11.3. The van der Waals surface area contributed by atoms with E-state index in [1.165, 1.54) is 6.07 Å². The Labute approximate surface area is 131 Å². The number of benzene rings is 2. The molecular weight excluding hydrogens is 307 g/mol. The lowest BCUT2D eigenvalue weighted by Gasteiger charge is -1.99. The van der Waals surface area contributed by atoms with Crippen LogP contribution < -0.4 is 5.43 Å². The third-order valence-corrected chi connectivity index (χ3v) is 3.51. The summed E-state index contributed by atoms with van der Waals surface area (Å²) in [5.74, 6) is 0.491. The zero-order valence-corrected chi connectivity index (χ0v) is 12.4. The van der Waals surface area contributed by atoms with Crippen LogP contribution in [-0.4, -0.2) is 0 Å². The van der Waals surface area contributed by atoms with Crippen molar-refractivity contribution in [3.63, 3.8) is 0 Å². The van der Waals surface area contributed by atoms with Gasteiger partial charge in [-0.25, -0.2) is 0 Å². The molecule has 2 aromatic carbocycles. The highest BCUT2D eigenvalue weighted by molar-refractivity contribution is 6.31. The number of fused-ring (bicyclic) bond motifs is 1. The summed E-state index contributed by atoms with van der Waals surface area (Å²) in [7, 11) is 0. The van der Waals surface area contributed by atoms with Crippen molar-refractivity contribution in [3.05, 3.63) is 80.1 Å². The standard InChI is InChI=1S/C17H10Cl2O2/c18-12-4-1-11(2-5-12)3-7-14-10-16(20)15-9-13(19)6-8-17(15)21-14/h1-10H/b7-3+. The molecule has 0 radical (unpaired) electrons. The monoisotopic (exact) mass is 316 g/mol. The molecule has 0 fully saturated rings. The van der Waals surface area contributed by atoms with Gasteiger partial charge < -0.3 is 4.42 Å². The van der Waals surface area contributed by atoms with Gasteiger partial charge in [-0.15, -0.1) is 0 Å². The average molecular weight is 317 g/mol. The maximum Gasteiger partial charge on any atom is 0.193 e. The summed E-state index contributed by atoms with van der Waals surface area (Å²) in [5.41, 5.74) is 1.37. The van der Waals surface area contributed by atoms with Crippen molar-refractivity contribution < 1.29 is 4.42 Å². The molecule has 0 spiro atoms. The van der Waals surface area contributed by atoms with E-state index in [0.717, 1.165) is 5.56 Å². The van der Waals surface area contributed by atoms with E-state index in [0.29, 0.717) is 26.8 Å². The summed E-state index contributed by atoms with van der Waals surface area (Å²) in [6.07, 6.45) is 3.61. The second-order valence-corrected chi connectivity index (χ2v) is 5.41. The second kappa shape index (κ2) is 5.76. The first kappa shape index (κ1) is 13.9. The molecule has 0 N–H and O–H groups in total. The van der Waals surface area contributed by atoms with Crippen molar-refractivity contribution in [1.82, 2.24) is 0 Å². The molecule has 4 heteroatoms. The maximum absolute atomic E-state index is 12.0.